The van der Waals surface area contributed by atoms with Gasteiger partial charge in [-0.3, -0.25) is 4.79 Å². The first-order valence-corrected chi connectivity index (χ1v) is 18.4. The van der Waals surface area contributed by atoms with Crippen LogP contribution in [-0.2, 0) is 0 Å². The molecule has 42 heavy (non-hydrogen) atoms. The van der Waals surface area contributed by atoms with Crippen molar-refractivity contribution in [2.24, 2.45) is 0 Å². The molecule has 0 unspecified atom stereocenters. The molecule has 0 N–H and O–H groups in total. The number of rotatable bonds is 27. The van der Waals surface area contributed by atoms with Crippen molar-refractivity contribution in [3.8, 4) is 5.75 Å². The molecule has 234 valence electrons. The van der Waals surface area contributed by atoms with E-state index in [4.69, 9.17) is 4.74 Å². The van der Waals surface area contributed by atoms with Gasteiger partial charge in [-0.2, -0.15) is 0 Å². The molecule has 0 aromatic heterocycles. The molecule has 0 aliphatic carbocycles. The summed E-state index contributed by atoms with van der Waals surface area (Å²) in [7, 11) is 0. The van der Waals surface area contributed by atoms with Gasteiger partial charge in [0, 0.05) is 10.5 Å². The number of ether oxygens (including phenoxy) is 1. The predicted molar refractivity (Wildman–Crippen MR) is 186 cm³/mol. The maximum Gasteiger partial charge on any atom is 0.185 e. The van der Waals surface area contributed by atoms with Crippen LogP contribution in [0.3, 0.4) is 0 Å². The third-order valence-corrected chi connectivity index (χ3v) is 9.08. The van der Waals surface area contributed by atoms with Gasteiger partial charge in [-0.15, -0.1) is 11.8 Å². The summed E-state index contributed by atoms with van der Waals surface area (Å²) >= 11 is 1.91. The number of ketones is 1. The average molecular weight is 593 g/mol. The van der Waals surface area contributed by atoms with Crippen LogP contribution in [0.1, 0.15) is 158 Å². The number of unbranched alkanes of at least 4 members (excludes halogenated alkanes) is 18. The van der Waals surface area contributed by atoms with E-state index in [1.807, 2.05) is 54.2 Å². The van der Waals surface area contributed by atoms with Gasteiger partial charge in [-0.05, 0) is 66.6 Å². The van der Waals surface area contributed by atoms with Crippen LogP contribution in [0, 0.1) is 0 Å². The van der Waals surface area contributed by atoms with Gasteiger partial charge in [-0.25, -0.2) is 0 Å². The number of carbonyl (C=O) groups excluding carboxylic acids is 1. The zero-order valence-electron chi connectivity index (χ0n) is 27.1. The largest absolute Gasteiger partial charge is 0.494 e. The monoisotopic (exact) mass is 592 g/mol. The lowest BCUT2D eigenvalue weighted by atomic mass is 10.0. The van der Waals surface area contributed by atoms with Crippen LogP contribution < -0.4 is 4.74 Å². The van der Waals surface area contributed by atoms with Crippen LogP contribution in [0.5, 0.6) is 5.75 Å². The molecule has 0 atom stereocenters. The Labute approximate surface area is 263 Å². The Bertz CT molecular complexity index is 932. The SMILES string of the molecule is CCCCCCCCCCCCCCCCCCCCSc1ccc(C(=O)C=Cc2ccc(OCCCC)cc2)cc1. The smallest absolute Gasteiger partial charge is 0.185 e. The predicted octanol–water partition coefficient (Wildman–Crippen LogP) is 12.9. The minimum Gasteiger partial charge on any atom is -0.494 e. The summed E-state index contributed by atoms with van der Waals surface area (Å²) in [5.41, 5.74) is 1.74. The summed E-state index contributed by atoms with van der Waals surface area (Å²) in [5.74, 6) is 2.08. The van der Waals surface area contributed by atoms with Crippen molar-refractivity contribution in [1.82, 2.24) is 0 Å². The fourth-order valence-corrected chi connectivity index (χ4v) is 6.10. The molecule has 0 bridgehead atoms. The van der Waals surface area contributed by atoms with E-state index in [9.17, 15) is 4.79 Å². The second-order valence-electron chi connectivity index (χ2n) is 11.9. The van der Waals surface area contributed by atoms with Crippen LogP contribution in [0.2, 0.25) is 0 Å². The highest BCUT2D eigenvalue weighted by atomic mass is 32.2. The summed E-state index contributed by atoms with van der Waals surface area (Å²) in [5, 5.41) is 0. The first-order valence-electron chi connectivity index (χ1n) is 17.4. The minimum absolute atomic E-state index is 0.0401. The van der Waals surface area contributed by atoms with E-state index in [1.165, 1.54) is 120 Å². The molecule has 3 heteroatoms. The Morgan fingerprint density at radius 1 is 0.595 bits per heavy atom. The van der Waals surface area contributed by atoms with E-state index in [2.05, 4.69) is 26.0 Å². The van der Waals surface area contributed by atoms with Gasteiger partial charge in [0.15, 0.2) is 5.78 Å². The molecule has 0 saturated carbocycles. The fourth-order valence-electron chi connectivity index (χ4n) is 5.19. The van der Waals surface area contributed by atoms with E-state index in [1.54, 1.807) is 6.08 Å². The van der Waals surface area contributed by atoms with Gasteiger partial charge in [0.25, 0.3) is 0 Å². The van der Waals surface area contributed by atoms with Crippen LogP contribution in [0.4, 0.5) is 0 Å². The fraction of sp³-hybridized carbons (Fsp3) is 0.615. The van der Waals surface area contributed by atoms with Gasteiger partial charge in [-0.1, -0.05) is 148 Å². The second-order valence-corrected chi connectivity index (χ2v) is 13.0. The minimum atomic E-state index is 0.0401. The molecule has 0 heterocycles. The van der Waals surface area contributed by atoms with Crippen LogP contribution >= 0.6 is 11.8 Å². The molecule has 0 saturated heterocycles. The first-order chi connectivity index (χ1) is 20.7. The molecule has 0 spiro atoms. The number of allylic oxidation sites excluding steroid dienone is 1. The number of hydrogen-bond donors (Lipinski definition) is 0. The molecule has 0 radical (unpaired) electrons. The van der Waals surface area contributed by atoms with Crippen molar-refractivity contribution >= 4 is 23.6 Å². The van der Waals surface area contributed by atoms with Crippen molar-refractivity contribution in [3.63, 3.8) is 0 Å². The van der Waals surface area contributed by atoms with Crippen molar-refractivity contribution in [2.75, 3.05) is 12.4 Å². The topological polar surface area (TPSA) is 26.3 Å². The molecule has 2 aromatic carbocycles. The third-order valence-electron chi connectivity index (χ3n) is 7.98. The van der Waals surface area contributed by atoms with E-state index in [0.29, 0.717) is 0 Å². The van der Waals surface area contributed by atoms with Crippen molar-refractivity contribution in [1.29, 1.82) is 0 Å². The maximum absolute atomic E-state index is 12.6. The number of benzene rings is 2. The van der Waals surface area contributed by atoms with Gasteiger partial charge < -0.3 is 4.74 Å². The summed E-state index contributed by atoms with van der Waals surface area (Å²) in [4.78, 5) is 13.8. The molecular formula is C39H60O2S. The van der Waals surface area contributed by atoms with E-state index in [-0.39, 0.29) is 5.78 Å². The number of hydrogen-bond acceptors (Lipinski definition) is 3. The number of carbonyl (C=O) groups is 1. The van der Waals surface area contributed by atoms with Gasteiger partial charge in [0.05, 0.1) is 6.61 Å². The number of thioether (sulfide) groups is 1. The van der Waals surface area contributed by atoms with E-state index >= 15 is 0 Å². The molecule has 2 nitrogen and oxygen atoms in total. The zero-order valence-corrected chi connectivity index (χ0v) is 27.9. The normalized spacial score (nSPS) is 11.4. The highest BCUT2D eigenvalue weighted by molar-refractivity contribution is 7.99. The second kappa shape index (κ2) is 25.5. The van der Waals surface area contributed by atoms with Crippen molar-refractivity contribution < 1.29 is 9.53 Å². The highest BCUT2D eigenvalue weighted by Crippen LogP contribution is 2.22. The van der Waals surface area contributed by atoms with Crippen LogP contribution in [0.25, 0.3) is 6.08 Å². The zero-order chi connectivity index (χ0) is 29.9. The Morgan fingerprint density at radius 2 is 1.07 bits per heavy atom. The third kappa shape index (κ3) is 18.5. The molecule has 0 aliphatic rings. The summed E-state index contributed by atoms with van der Waals surface area (Å²) in [6.45, 7) is 5.20. The average Bonchev–Trinajstić information content (AvgIpc) is 3.02. The molecule has 2 aromatic rings. The van der Waals surface area contributed by atoms with Crippen LogP contribution in [0.15, 0.2) is 59.5 Å². The molecule has 0 aliphatic heterocycles. The Hall–Kier alpha value is -2.00. The highest BCUT2D eigenvalue weighted by Gasteiger charge is 2.03. The summed E-state index contributed by atoms with van der Waals surface area (Å²) in [6, 6.07) is 16.0. The Morgan fingerprint density at radius 3 is 1.57 bits per heavy atom. The van der Waals surface area contributed by atoms with Crippen molar-refractivity contribution in [3.05, 3.63) is 65.7 Å². The van der Waals surface area contributed by atoms with Gasteiger partial charge >= 0.3 is 0 Å². The molecule has 0 amide bonds. The molecule has 2 rings (SSSR count). The summed E-state index contributed by atoms with van der Waals surface area (Å²) in [6.07, 6.45) is 31.2. The lowest BCUT2D eigenvalue weighted by molar-refractivity contribution is 0.104. The first kappa shape index (κ1) is 36.2. The Kier molecular flexibility index (Phi) is 22.0. The lowest BCUT2D eigenvalue weighted by Gasteiger charge is -2.05. The van der Waals surface area contributed by atoms with Crippen LogP contribution in [-0.4, -0.2) is 18.1 Å². The van der Waals surface area contributed by atoms with E-state index in [0.717, 1.165) is 42.1 Å². The molecule has 0 fully saturated rings. The lowest BCUT2D eigenvalue weighted by Crippen LogP contribution is -1.96. The molecular weight excluding hydrogens is 532 g/mol. The summed E-state index contributed by atoms with van der Waals surface area (Å²) < 4.78 is 5.71. The quantitative estimate of drug-likeness (QED) is 0.0447. The Balaban J connectivity index is 1.43. The van der Waals surface area contributed by atoms with Gasteiger partial charge in [0.2, 0.25) is 0 Å². The van der Waals surface area contributed by atoms with Crippen molar-refractivity contribution in [2.45, 2.75) is 147 Å². The van der Waals surface area contributed by atoms with E-state index < -0.39 is 0 Å². The standard InChI is InChI=1S/C39H60O2S/c1-3-5-7-8-9-10-11-12-13-14-15-16-17-18-19-20-21-22-34-42-38-30-26-36(27-31-38)39(40)32-25-35-23-28-37(29-24-35)41-33-6-4-2/h23-32H,3-22,33-34H2,1-2H3. The maximum atomic E-state index is 12.6. The van der Waals surface area contributed by atoms with Gasteiger partial charge in [0.1, 0.15) is 5.75 Å².